The SMILES string of the molecule is CCNC(=NCC(C)(C)C(N)=O)N(C)Cc1cc(Cl)cn1C. The maximum atomic E-state index is 11.4. The van der Waals surface area contributed by atoms with E-state index in [1.54, 1.807) is 13.8 Å². The van der Waals surface area contributed by atoms with Crippen molar-refractivity contribution in [3.63, 3.8) is 0 Å². The summed E-state index contributed by atoms with van der Waals surface area (Å²) in [6, 6.07) is 1.93. The van der Waals surface area contributed by atoms with Gasteiger partial charge in [0.15, 0.2) is 5.96 Å². The summed E-state index contributed by atoms with van der Waals surface area (Å²) in [4.78, 5) is 17.9. The number of nitrogens with zero attached hydrogens (tertiary/aromatic N) is 3. The number of aromatic nitrogens is 1. The van der Waals surface area contributed by atoms with Gasteiger partial charge in [0.25, 0.3) is 0 Å². The summed E-state index contributed by atoms with van der Waals surface area (Å²) < 4.78 is 1.98. The molecule has 1 aromatic rings. The van der Waals surface area contributed by atoms with Gasteiger partial charge >= 0.3 is 0 Å². The Morgan fingerprint density at radius 2 is 2.18 bits per heavy atom. The summed E-state index contributed by atoms with van der Waals surface area (Å²) in [5.74, 6) is 0.373. The molecule has 124 valence electrons. The zero-order valence-corrected chi connectivity index (χ0v) is 14.7. The standard InChI is InChI=1S/C15H26ClN5O/c1-6-18-14(19-10-15(2,3)13(17)22)21(5)9-12-7-11(16)8-20(12)4/h7-8H,6,9-10H2,1-5H3,(H2,17,22)(H,18,19). The highest BCUT2D eigenvalue weighted by molar-refractivity contribution is 6.30. The van der Waals surface area contributed by atoms with E-state index in [4.69, 9.17) is 17.3 Å². The Morgan fingerprint density at radius 1 is 1.55 bits per heavy atom. The Bertz CT molecular complexity index is 550. The lowest BCUT2D eigenvalue weighted by Gasteiger charge is -2.24. The minimum absolute atomic E-state index is 0.336. The Hall–Kier alpha value is -1.69. The summed E-state index contributed by atoms with van der Waals surface area (Å²) in [6.45, 7) is 7.32. The molecule has 0 aliphatic rings. The van der Waals surface area contributed by atoms with E-state index in [0.717, 1.165) is 18.2 Å². The van der Waals surface area contributed by atoms with E-state index in [2.05, 4.69) is 10.3 Å². The van der Waals surface area contributed by atoms with Gasteiger partial charge in [-0.1, -0.05) is 11.6 Å². The third kappa shape index (κ3) is 4.94. The fourth-order valence-electron chi connectivity index (χ4n) is 1.86. The topological polar surface area (TPSA) is 75.6 Å². The normalized spacial score (nSPS) is 12.4. The number of carbonyl (C=O) groups is 1. The number of hydrogen-bond donors (Lipinski definition) is 2. The van der Waals surface area contributed by atoms with Crippen molar-refractivity contribution in [1.29, 1.82) is 0 Å². The lowest BCUT2D eigenvalue weighted by molar-refractivity contribution is -0.125. The smallest absolute Gasteiger partial charge is 0.224 e. The van der Waals surface area contributed by atoms with Crippen LogP contribution in [0.5, 0.6) is 0 Å². The average Bonchev–Trinajstić information content (AvgIpc) is 2.72. The lowest BCUT2D eigenvalue weighted by Crippen LogP contribution is -2.41. The van der Waals surface area contributed by atoms with Crippen molar-refractivity contribution >= 4 is 23.5 Å². The lowest BCUT2D eigenvalue weighted by atomic mass is 9.93. The van der Waals surface area contributed by atoms with E-state index in [-0.39, 0.29) is 5.91 Å². The second-order valence-corrected chi connectivity index (χ2v) is 6.47. The van der Waals surface area contributed by atoms with Crippen LogP contribution in [-0.4, -0.2) is 41.5 Å². The van der Waals surface area contributed by atoms with Gasteiger partial charge in [-0.2, -0.15) is 0 Å². The number of aryl methyl sites for hydroxylation is 1. The highest BCUT2D eigenvalue weighted by atomic mass is 35.5. The van der Waals surface area contributed by atoms with E-state index in [1.807, 2.05) is 42.7 Å². The molecule has 0 aliphatic heterocycles. The van der Waals surface area contributed by atoms with Gasteiger partial charge in [-0.25, -0.2) is 0 Å². The Morgan fingerprint density at radius 3 is 2.64 bits per heavy atom. The van der Waals surface area contributed by atoms with E-state index < -0.39 is 5.41 Å². The molecule has 0 bridgehead atoms. The van der Waals surface area contributed by atoms with Crippen molar-refractivity contribution in [3.05, 3.63) is 23.0 Å². The molecule has 0 radical (unpaired) electrons. The van der Waals surface area contributed by atoms with Crippen molar-refractivity contribution in [2.75, 3.05) is 20.1 Å². The number of nitrogens with two attached hydrogens (primary N) is 1. The van der Waals surface area contributed by atoms with Crippen LogP contribution in [0.2, 0.25) is 5.02 Å². The molecule has 3 N–H and O–H groups in total. The van der Waals surface area contributed by atoms with Gasteiger partial charge in [-0.15, -0.1) is 0 Å². The molecule has 1 aromatic heterocycles. The van der Waals surface area contributed by atoms with Gasteiger partial charge in [0.1, 0.15) is 0 Å². The largest absolute Gasteiger partial charge is 0.369 e. The fraction of sp³-hybridized carbons (Fsp3) is 0.600. The molecule has 1 rings (SSSR count). The Balaban J connectivity index is 2.85. The van der Waals surface area contributed by atoms with Gasteiger partial charge in [0.05, 0.1) is 23.5 Å². The second kappa shape index (κ2) is 7.54. The minimum Gasteiger partial charge on any atom is -0.369 e. The van der Waals surface area contributed by atoms with Crippen molar-refractivity contribution in [2.45, 2.75) is 27.3 Å². The van der Waals surface area contributed by atoms with Crippen LogP contribution in [0.4, 0.5) is 0 Å². The molecule has 1 amide bonds. The van der Waals surface area contributed by atoms with E-state index >= 15 is 0 Å². The Kier molecular flexibility index (Phi) is 6.29. The van der Waals surface area contributed by atoms with E-state index in [9.17, 15) is 4.79 Å². The van der Waals surface area contributed by atoms with Crippen LogP contribution in [0.1, 0.15) is 26.5 Å². The first-order valence-electron chi connectivity index (χ1n) is 7.27. The minimum atomic E-state index is -0.671. The number of carbonyl (C=O) groups excluding carboxylic acids is 1. The summed E-state index contributed by atoms with van der Waals surface area (Å²) in [7, 11) is 3.90. The van der Waals surface area contributed by atoms with Crippen LogP contribution in [0.3, 0.4) is 0 Å². The third-order valence-electron chi connectivity index (χ3n) is 3.46. The molecular formula is C15H26ClN5O. The predicted octanol–water partition coefficient (Wildman–Crippen LogP) is 1.59. The van der Waals surface area contributed by atoms with Crippen molar-refractivity contribution in [1.82, 2.24) is 14.8 Å². The van der Waals surface area contributed by atoms with Crippen molar-refractivity contribution < 1.29 is 4.79 Å². The molecule has 0 saturated carbocycles. The Labute approximate surface area is 137 Å². The fourth-order valence-corrected chi connectivity index (χ4v) is 2.13. The summed E-state index contributed by atoms with van der Waals surface area (Å²) in [5.41, 5.74) is 5.80. The van der Waals surface area contributed by atoms with Gasteiger partial charge in [-0.05, 0) is 26.8 Å². The zero-order valence-electron chi connectivity index (χ0n) is 14.0. The first-order chi connectivity index (χ1) is 10.2. The van der Waals surface area contributed by atoms with Crippen LogP contribution in [-0.2, 0) is 18.4 Å². The zero-order chi connectivity index (χ0) is 16.9. The molecule has 0 atom stereocenters. The average molecular weight is 328 g/mol. The monoisotopic (exact) mass is 327 g/mol. The second-order valence-electron chi connectivity index (χ2n) is 6.03. The summed E-state index contributed by atoms with van der Waals surface area (Å²) in [5, 5.41) is 3.93. The number of amides is 1. The number of primary amides is 1. The van der Waals surface area contributed by atoms with Crippen LogP contribution >= 0.6 is 11.6 Å². The number of rotatable bonds is 6. The van der Waals surface area contributed by atoms with Gasteiger partial charge in [-0.3, -0.25) is 9.79 Å². The molecule has 0 spiro atoms. The summed E-state index contributed by atoms with van der Waals surface area (Å²) >= 11 is 6.01. The molecule has 22 heavy (non-hydrogen) atoms. The number of guanidine groups is 1. The maximum Gasteiger partial charge on any atom is 0.224 e. The molecule has 7 heteroatoms. The molecule has 6 nitrogen and oxygen atoms in total. The molecule has 0 fully saturated rings. The molecule has 0 unspecified atom stereocenters. The molecular weight excluding hydrogens is 302 g/mol. The number of hydrogen-bond acceptors (Lipinski definition) is 2. The number of aliphatic imine (C=N–C) groups is 1. The van der Waals surface area contributed by atoms with Gasteiger partial charge in [0, 0.05) is 32.5 Å². The van der Waals surface area contributed by atoms with Crippen molar-refractivity contribution in [2.24, 2.45) is 23.2 Å². The number of nitrogens with one attached hydrogen (secondary N) is 1. The highest BCUT2D eigenvalue weighted by Crippen LogP contribution is 2.16. The van der Waals surface area contributed by atoms with E-state index in [0.29, 0.717) is 18.1 Å². The summed E-state index contributed by atoms with van der Waals surface area (Å²) in [6.07, 6.45) is 1.87. The van der Waals surface area contributed by atoms with Crippen LogP contribution in [0.25, 0.3) is 0 Å². The van der Waals surface area contributed by atoms with Crippen LogP contribution < -0.4 is 11.1 Å². The molecule has 0 aromatic carbocycles. The van der Waals surface area contributed by atoms with Gasteiger partial charge in [0.2, 0.25) is 5.91 Å². The van der Waals surface area contributed by atoms with Crippen LogP contribution in [0.15, 0.2) is 17.3 Å². The first-order valence-corrected chi connectivity index (χ1v) is 7.65. The van der Waals surface area contributed by atoms with Crippen LogP contribution in [0, 0.1) is 5.41 Å². The maximum absolute atomic E-state index is 11.4. The first kappa shape index (κ1) is 18.4. The molecule has 0 aliphatic carbocycles. The van der Waals surface area contributed by atoms with Crippen molar-refractivity contribution in [3.8, 4) is 0 Å². The predicted molar refractivity (Wildman–Crippen MR) is 90.8 cm³/mol. The molecule has 1 heterocycles. The highest BCUT2D eigenvalue weighted by Gasteiger charge is 2.25. The quantitative estimate of drug-likeness (QED) is 0.615. The van der Waals surface area contributed by atoms with Gasteiger partial charge < -0.3 is 20.5 Å². The molecule has 0 saturated heterocycles. The van der Waals surface area contributed by atoms with E-state index in [1.165, 1.54) is 0 Å². The third-order valence-corrected chi connectivity index (χ3v) is 3.67. The number of halogens is 1.